The minimum Gasteiger partial charge on any atom is -0.455 e. The van der Waals surface area contributed by atoms with Crippen LogP contribution in [0.2, 0.25) is 5.02 Å². The summed E-state index contributed by atoms with van der Waals surface area (Å²) in [4.78, 5) is 0. The van der Waals surface area contributed by atoms with Crippen LogP contribution in [0.15, 0.2) is 36.4 Å². The Labute approximate surface area is 110 Å². The number of benzene rings is 2. The highest BCUT2D eigenvalue weighted by molar-refractivity contribution is 6.31. The van der Waals surface area contributed by atoms with Gasteiger partial charge in [-0.05, 0) is 24.1 Å². The van der Waals surface area contributed by atoms with E-state index >= 15 is 0 Å². The summed E-state index contributed by atoms with van der Waals surface area (Å²) in [6.45, 7) is 2.06. The normalized spacial score (nSPS) is 10.4. The van der Waals surface area contributed by atoms with Crippen LogP contribution in [0.5, 0.6) is 11.5 Å². The van der Waals surface area contributed by atoms with Crippen molar-refractivity contribution in [3.8, 4) is 11.5 Å². The zero-order chi connectivity index (χ0) is 13.1. The molecule has 2 aromatic carbocycles. The highest BCUT2D eigenvalue weighted by Crippen LogP contribution is 2.32. The molecule has 0 fully saturated rings. The number of hydrogen-bond donors (Lipinski definition) is 1. The molecule has 0 atom stereocenters. The number of nitrogen functional groups attached to an aromatic ring is 1. The Balaban J connectivity index is 2.30. The molecule has 0 aromatic heterocycles. The number of rotatable bonds is 3. The van der Waals surface area contributed by atoms with Gasteiger partial charge in [0.2, 0.25) is 0 Å². The molecule has 0 saturated heterocycles. The van der Waals surface area contributed by atoms with E-state index in [1.165, 1.54) is 6.07 Å². The second kappa shape index (κ2) is 5.27. The molecule has 94 valence electrons. The second-order valence-corrected chi connectivity index (χ2v) is 4.31. The molecule has 0 radical (unpaired) electrons. The minimum atomic E-state index is -0.552. The molecular formula is C14H13ClFNO. The summed E-state index contributed by atoms with van der Waals surface area (Å²) in [6.07, 6.45) is 0.914. The number of ether oxygens (including phenoxy) is 1. The molecule has 2 rings (SSSR count). The number of anilines is 1. The van der Waals surface area contributed by atoms with Crippen LogP contribution in [0.1, 0.15) is 12.5 Å². The second-order valence-electron chi connectivity index (χ2n) is 3.91. The summed E-state index contributed by atoms with van der Waals surface area (Å²) in [5.74, 6) is 0.460. The van der Waals surface area contributed by atoms with Gasteiger partial charge in [-0.25, -0.2) is 4.39 Å². The fourth-order valence-electron chi connectivity index (χ4n) is 1.59. The largest absolute Gasteiger partial charge is 0.455 e. The van der Waals surface area contributed by atoms with Gasteiger partial charge in [-0.15, -0.1) is 0 Å². The maximum atomic E-state index is 13.1. The van der Waals surface area contributed by atoms with Crippen molar-refractivity contribution in [1.82, 2.24) is 0 Å². The zero-order valence-electron chi connectivity index (χ0n) is 9.91. The van der Waals surface area contributed by atoms with Gasteiger partial charge >= 0.3 is 0 Å². The third kappa shape index (κ3) is 2.74. The number of halogens is 2. The Morgan fingerprint density at radius 2 is 2.06 bits per heavy atom. The minimum absolute atomic E-state index is 0.00848. The molecule has 2 N–H and O–H groups in total. The molecule has 0 aliphatic rings. The van der Waals surface area contributed by atoms with Crippen molar-refractivity contribution >= 4 is 17.3 Å². The molecular weight excluding hydrogens is 253 g/mol. The van der Waals surface area contributed by atoms with Gasteiger partial charge in [0.25, 0.3) is 0 Å². The van der Waals surface area contributed by atoms with Crippen LogP contribution >= 0.6 is 11.6 Å². The van der Waals surface area contributed by atoms with Crippen LogP contribution in [-0.2, 0) is 6.42 Å². The van der Waals surface area contributed by atoms with Gasteiger partial charge in [-0.3, -0.25) is 0 Å². The molecule has 2 nitrogen and oxygen atoms in total. The van der Waals surface area contributed by atoms with Gasteiger partial charge < -0.3 is 10.5 Å². The first-order valence-corrected chi connectivity index (χ1v) is 5.99. The predicted octanol–water partition coefficient (Wildman–Crippen LogP) is 4.42. The lowest BCUT2D eigenvalue weighted by Crippen LogP contribution is -1.94. The monoisotopic (exact) mass is 265 g/mol. The van der Waals surface area contributed by atoms with Crippen LogP contribution in [-0.4, -0.2) is 0 Å². The molecule has 0 aliphatic carbocycles. The highest BCUT2D eigenvalue weighted by atomic mass is 35.5. The van der Waals surface area contributed by atoms with E-state index in [1.54, 1.807) is 0 Å². The van der Waals surface area contributed by atoms with Crippen molar-refractivity contribution in [3.05, 3.63) is 52.8 Å². The maximum Gasteiger partial charge on any atom is 0.151 e. The van der Waals surface area contributed by atoms with E-state index in [0.29, 0.717) is 11.5 Å². The molecule has 0 unspecified atom stereocenters. The van der Waals surface area contributed by atoms with Crippen molar-refractivity contribution in [2.75, 3.05) is 5.73 Å². The Morgan fingerprint density at radius 3 is 2.78 bits per heavy atom. The van der Waals surface area contributed by atoms with Gasteiger partial charge in [-0.1, -0.05) is 30.7 Å². The van der Waals surface area contributed by atoms with E-state index in [9.17, 15) is 4.39 Å². The molecule has 0 amide bonds. The highest BCUT2D eigenvalue weighted by Gasteiger charge is 2.08. The van der Waals surface area contributed by atoms with E-state index in [-0.39, 0.29) is 10.7 Å². The molecule has 4 heteroatoms. The number of aryl methyl sites for hydroxylation is 1. The van der Waals surface area contributed by atoms with Gasteiger partial charge in [0, 0.05) is 12.1 Å². The van der Waals surface area contributed by atoms with Crippen LogP contribution in [0, 0.1) is 5.82 Å². The third-order valence-electron chi connectivity index (χ3n) is 2.59. The fraction of sp³-hybridized carbons (Fsp3) is 0.143. The van der Waals surface area contributed by atoms with Crippen LogP contribution in [0.4, 0.5) is 10.1 Å². The maximum absolute atomic E-state index is 13.1. The third-order valence-corrected chi connectivity index (χ3v) is 2.88. The van der Waals surface area contributed by atoms with Crippen molar-refractivity contribution in [1.29, 1.82) is 0 Å². The van der Waals surface area contributed by atoms with E-state index in [1.807, 2.05) is 24.3 Å². The first-order valence-electron chi connectivity index (χ1n) is 5.61. The van der Waals surface area contributed by atoms with E-state index < -0.39 is 5.82 Å². The SMILES string of the molecule is CCc1cccc(Oc2cc(Cl)c(F)cc2N)c1. The van der Waals surface area contributed by atoms with Crippen LogP contribution in [0.3, 0.4) is 0 Å². The van der Waals surface area contributed by atoms with Gasteiger partial charge in [0.05, 0.1) is 10.7 Å². The topological polar surface area (TPSA) is 35.2 Å². The summed E-state index contributed by atoms with van der Waals surface area (Å²) in [5, 5.41) is -0.00848. The Kier molecular flexibility index (Phi) is 3.72. The summed E-state index contributed by atoms with van der Waals surface area (Å²) in [5.41, 5.74) is 7.06. The zero-order valence-corrected chi connectivity index (χ0v) is 10.7. The van der Waals surface area contributed by atoms with Gasteiger partial charge in [-0.2, -0.15) is 0 Å². The molecule has 2 aromatic rings. The summed E-state index contributed by atoms with van der Waals surface area (Å²) in [7, 11) is 0. The average Bonchev–Trinajstić information content (AvgIpc) is 2.36. The Morgan fingerprint density at radius 1 is 1.28 bits per heavy atom. The van der Waals surface area contributed by atoms with Gasteiger partial charge in [0.15, 0.2) is 5.75 Å². The van der Waals surface area contributed by atoms with E-state index in [4.69, 9.17) is 22.1 Å². The lowest BCUT2D eigenvalue weighted by Gasteiger charge is -2.10. The molecule has 0 saturated carbocycles. The molecule has 0 bridgehead atoms. The van der Waals surface area contributed by atoms with E-state index in [0.717, 1.165) is 18.1 Å². The Bertz CT molecular complexity index is 572. The molecule has 0 heterocycles. The van der Waals surface area contributed by atoms with Crippen molar-refractivity contribution in [2.45, 2.75) is 13.3 Å². The predicted molar refractivity (Wildman–Crippen MR) is 71.7 cm³/mol. The van der Waals surface area contributed by atoms with Gasteiger partial charge in [0.1, 0.15) is 11.6 Å². The first-order chi connectivity index (χ1) is 8.60. The smallest absolute Gasteiger partial charge is 0.151 e. The fourth-order valence-corrected chi connectivity index (χ4v) is 1.74. The Hall–Kier alpha value is -1.74. The molecule has 18 heavy (non-hydrogen) atoms. The first kappa shape index (κ1) is 12.7. The number of nitrogens with two attached hydrogens (primary N) is 1. The molecule has 0 spiro atoms. The van der Waals surface area contributed by atoms with Crippen molar-refractivity contribution in [2.24, 2.45) is 0 Å². The van der Waals surface area contributed by atoms with Crippen LogP contribution in [0.25, 0.3) is 0 Å². The average molecular weight is 266 g/mol. The summed E-state index contributed by atoms with van der Waals surface area (Å²) < 4.78 is 18.8. The summed E-state index contributed by atoms with van der Waals surface area (Å²) in [6, 6.07) is 10.2. The standard InChI is InChI=1S/C14H13ClFNO/c1-2-9-4-3-5-10(6-9)18-14-7-11(15)12(16)8-13(14)17/h3-8H,2,17H2,1H3. The number of hydrogen-bond acceptors (Lipinski definition) is 2. The quantitative estimate of drug-likeness (QED) is 0.834. The van der Waals surface area contributed by atoms with Crippen LogP contribution < -0.4 is 10.5 Å². The van der Waals surface area contributed by atoms with Crippen molar-refractivity contribution in [3.63, 3.8) is 0 Å². The lowest BCUT2D eigenvalue weighted by molar-refractivity contribution is 0.482. The molecule has 0 aliphatic heterocycles. The van der Waals surface area contributed by atoms with Crippen molar-refractivity contribution < 1.29 is 9.13 Å². The van der Waals surface area contributed by atoms with E-state index in [2.05, 4.69) is 6.92 Å². The summed E-state index contributed by atoms with van der Waals surface area (Å²) >= 11 is 5.70. The lowest BCUT2D eigenvalue weighted by atomic mass is 10.2.